The molecule has 0 aromatic heterocycles. The van der Waals surface area contributed by atoms with Gasteiger partial charge in [-0.2, -0.15) is 0 Å². The van der Waals surface area contributed by atoms with Gasteiger partial charge in [-0.3, -0.25) is 4.79 Å². The summed E-state index contributed by atoms with van der Waals surface area (Å²) in [7, 11) is 0. The third-order valence-electron chi connectivity index (χ3n) is 2.98. The van der Waals surface area contributed by atoms with Gasteiger partial charge in [0.15, 0.2) is 0 Å². The molecular weight excluding hydrogens is 178 g/mol. The fraction of sp³-hybridized carbons (Fsp3) is 0.909. The van der Waals surface area contributed by atoms with Crippen LogP contribution in [0.3, 0.4) is 0 Å². The fourth-order valence-corrected chi connectivity index (χ4v) is 2.21. The Balaban J connectivity index is 2.50. The third-order valence-corrected chi connectivity index (χ3v) is 2.98. The quantitative estimate of drug-likeness (QED) is 0.746. The van der Waals surface area contributed by atoms with Gasteiger partial charge >= 0.3 is 0 Å². The van der Waals surface area contributed by atoms with Crippen LogP contribution in [0.1, 0.15) is 45.4 Å². The summed E-state index contributed by atoms with van der Waals surface area (Å²) >= 11 is 0. The second kappa shape index (κ2) is 6.02. The maximum atomic E-state index is 11.6. The van der Waals surface area contributed by atoms with Crippen LogP contribution in [0.4, 0.5) is 0 Å². The molecule has 1 aliphatic rings. The summed E-state index contributed by atoms with van der Waals surface area (Å²) in [6.45, 7) is 2.48. The average Bonchev–Trinajstić information content (AvgIpc) is 2.26. The van der Waals surface area contributed by atoms with E-state index in [1.165, 1.54) is 19.3 Å². The lowest BCUT2D eigenvalue weighted by molar-refractivity contribution is -0.134. The molecule has 14 heavy (non-hydrogen) atoms. The lowest BCUT2D eigenvalue weighted by atomic mass is 9.94. The lowest BCUT2D eigenvalue weighted by Gasteiger charge is -2.33. The molecule has 3 nitrogen and oxygen atoms in total. The maximum Gasteiger partial charge on any atom is 0.222 e. The summed E-state index contributed by atoms with van der Waals surface area (Å²) < 4.78 is 0. The van der Waals surface area contributed by atoms with Gasteiger partial charge in [-0.1, -0.05) is 26.2 Å². The monoisotopic (exact) mass is 199 g/mol. The molecule has 0 radical (unpaired) electrons. The molecule has 82 valence electrons. The number of carbonyl (C=O) groups is 1. The maximum absolute atomic E-state index is 11.6. The summed E-state index contributed by atoms with van der Waals surface area (Å²) in [6.07, 6.45) is 6.53. The molecule has 0 heterocycles. The van der Waals surface area contributed by atoms with Gasteiger partial charge in [0, 0.05) is 19.0 Å². The Kier molecular flexibility index (Phi) is 4.94. The van der Waals surface area contributed by atoms with Crippen molar-refractivity contribution in [2.75, 3.05) is 13.2 Å². The summed E-state index contributed by atoms with van der Waals surface area (Å²) in [5.41, 5.74) is 0. The molecule has 0 spiro atoms. The van der Waals surface area contributed by atoms with Gasteiger partial charge in [0.1, 0.15) is 0 Å². The van der Waals surface area contributed by atoms with Crippen molar-refractivity contribution in [3.8, 4) is 0 Å². The van der Waals surface area contributed by atoms with E-state index >= 15 is 0 Å². The Labute approximate surface area is 86.1 Å². The molecule has 1 aliphatic carbocycles. The molecule has 1 rings (SSSR count). The van der Waals surface area contributed by atoms with Crippen LogP contribution in [0.15, 0.2) is 0 Å². The largest absolute Gasteiger partial charge is 0.395 e. The molecule has 0 saturated heterocycles. The molecule has 0 aromatic carbocycles. The van der Waals surface area contributed by atoms with Crippen molar-refractivity contribution >= 4 is 5.91 Å². The van der Waals surface area contributed by atoms with Gasteiger partial charge < -0.3 is 10.0 Å². The summed E-state index contributed by atoms with van der Waals surface area (Å²) in [5.74, 6) is 0.186. The number of hydrogen-bond donors (Lipinski definition) is 1. The van der Waals surface area contributed by atoms with Gasteiger partial charge in [0.25, 0.3) is 0 Å². The molecule has 1 amide bonds. The zero-order chi connectivity index (χ0) is 10.4. The number of aliphatic hydroxyl groups is 1. The van der Waals surface area contributed by atoms with E-state index in [0.717, 1.165) is 12.8 Å². The summed E-state index contributed by atoms with van der Waals surface area (Å²) in [5, 5.41) is 8.92. The minimum absolute atomic E-state index is 0.0856. The number of rotatable bonds is 4. The van der Waals surface area contributed by atoms with Gasteiger partial charge in [-0.05, 0) is 12.8 Å². The van der Waals surface area contributed by atoms with Crippen molar-refractivity contribution in [3.05, 3.63) is 0 Å². The number of amides is 1. The molecule has 0 atom stereocenters. The molecule has 1 fully saturated rings. The van der Waals surface area contributed by atoms with Crippen LogP contribution in [-0.4, -0.2) is 35.1 Å². The van der Waals surface area contributed by atoms with Crippen LogP contribution >= 0.6 is 0 Å². The molecule has 0 aliphatic heterocycles. The standard InChI is InChI=1S/C11H21NO2/c1-2-11(14)12(8-9-13)10-6-4-3-5-7-10/h10,13H,2-9H2,1H3. The highest BCUT2D eigenvalue weighted by Gasteiger charge is 2.23. The predicted octanol–water partition coefficient (Wildman–Crippen LogP) is 1.55. The molecule has 3 heteroatoms. The molecule has 0 unspecified atom stereocenters. The van der Waals surface area contributed by atoms with Crippen molar-refractivity contribution in [2.24, 2.45) is 0 Å². The van der Waals surface area contributed by atoms with E-state index in [1.807, 2.05) is 11.8 Å². The lowest BCUT2D eigenvalue weighted by Crippen LogP contribution is -2.42. The molecule has 1 saturated carbocycles. The molecule has 1 N–H and O–H groups in total. The smallest absolute Gasteiger partial charge is 0.222 e. The second-order valence-electron chi connectivity index (χ2n) is 3.96. The Bertz CT molecular complexity index is 176. The Morgan fingerprint density at radius 3 is 2.50 bits per heavy atom. The Morgan fingerprint density at radius 1 is 1.36 bits per heavy atom. The van der Waals surface area contributed by atoms with Crippen molar-refractivity contribution < 1.29 is 9.90 Å². The molecular formula is C11H21NO2. The van der Waals surface area contributed by atoms with Crippen LogP contribution in [0.2, 0.25) is 0 Å². The second-order valence-corrected chi connectivity index (χ2v) is 3.96. The van der Waals surface area contributed by atoms with Crippen LogP contribution in [0.25, 0.3) is 0 Å². The number of nitrogens with zero attached hydrogens (tertiary/aromatic N) is 1. The number of aliphatic hydroxyl groups excluding tert-OH is 1. The van der Waals surface area contributed by atoms with Crippen LogP contribution in [0.5, 0.6) is 0 Å². The first-order valence-electron chi connectivity index (χ1n) is 5.70. The van der Waals surface area contributed by atoms with Gasteiger partial charge in [0.05, 0.1) is 6.61 Å². The highest BCUT2D eigenvalue weighted by atomic mass is 16.3. The van der Waals surface area contributed by atoms with Crippen LogP contribution in [0, 0.1) is 0 Å². The first kappa shape index (κ1) is 11.5. The highest BCUT2D eigenvalue weighted by Crippen LogP contribution is 2.22. The van der Waals surface area contributed by atoms with E-state index in [1.54, 1.807) is 0 Å². The van der Waals surface area contributed by atoms with Crippen molar-refractivity contribution in [2.45, 2.75) is 51.5 Å². The zero-order valence-corrected chi connectivity index (χ0v) is 9.04. The van der Waals surface area contributed by atoms with E-state index in [9.17, 15) is 4.79 Å². The van der Waals surface area contributed by atoms with E-state index in [0.29, 0.717) is 19.0 Å². The summed E-state index contributed by atoms with van der Waals surface area (Å²) in [6, 6.07) is 0.392. The normalized spacial score (nSPS) is 18.1. The predicted molar refractivity (Wildman–Crippen MR) is 56.0 cm³/mol. The van der Waals surface area contributed by atoms with Crippen molar-refractivity contribution in [1.29, 1.82) is 0 Å². The minimum Gasteiger partial charge on any atom is -0.395 e. The first-order chi connectivity index (χ1) is 6.79. The first-order valence-corrected chi connectivity index (χ1v) is 5.70. The van der Waals surface area contributed by atoms with Crippen molar-refractivity contribution in [1.82, 2.24) is 4.90 Å². The highest BCUT2D eigenvalue weighted by molar-refractivity contribution is 5.76. The topological polar surface area (TPSA) is 40.5 Å². The molecule has 0 bridgehead atoms. The Morgan fingerprint density at radius 2 is 2.00 bits per heavy atom. The van der Waals surface area contributed by atoms with E-state index in [4.69, 9.17) is 5.11 Å². The van der Waals surface area contributed by atoms with E-state index in [-0.39, 0.29) is 12.5 Å². The van der Waals surface area contributed by atoms with Crippen molar-refractivity contribution in [3.63, 3.8) is 0 Å². The fourth-order valence-electron chi connectivity index (χ4n) is 2.21. The minimum atomic E-state index is 0.0856. The van der Waals surface area contributed by atoms with Gasteiger partial charge in [-0.15, -0.1) is 0 Å². The van der Waals surface area contributed by atoms with E-state index < -0.39 is 0 Å². The average molecular weight is 199 g/mol. The van der Waals surface area contributed by atoms with Crippen LogP contribution < -0.4 is 0 Å². The van der Waals surface area contributed by atoms with Crippen LogP contribution in [-0.2, 0) is 4.79 Å². The SMILES string of the molecule is CCC(=O)N(CCO)C1CCCCC1. The van der Waals surface area contributed by atoms with E-state index in [2.05, 4.69) is 0 Å². The van der Waals surface area contributed by atoms with Gasteiger partial charge in [0.2, 0.25) is 5.91 Å². The van der Waals surface area contributed by atoms with Gasteiger partial charge in [-0.25, -0.2) is 0 Å². The third kappa shape index (κ3) is 2.98. The zero-order valence-electron chi connectivity index (χ0n) is 9.04. The summed E-state index contributed by atoms with van der Waals surface area (Å²) in [4.78, 5) is 13.5. The number of hydrogen-bond acceptors (Lipinski definition) is 2. The molecule has 0 aromatic rings. The Hall–Kier alpha value is -0.570. The number of carbonyl (C=O) groups excluding carboxylic acids is 1.